The van der Waals surface area contributed by atoms with E-state index in [0.717, 1.165) is 12.3 Å². The Morgan fingerprint density at radius 3 is 2.77 bits per heavy atom. The maximum atomic E-state index is 5.46. The average Bonchev–Trinajstić information content (AvgIpc) is 2.51. The largest absolute Gasteiger partial charge is 0.469 e. The summed E-state index contributed by atoms with van der Waals surface area (Å²) < 4.78 is 5.46. The average molecular weight is 180 g/mol. The van der Waals surface area contributed by atoms with Crippen molar-refractivity contribution in [2.24, 2.45) is 5.92 Å². The number of hydrogen-bond acceptors (Lipinski definition) is 1. The van der Waals surface area contributed by atoms with Gasteiger partial charge in [0.05, 0.1) is 6.26 Å². The van der Waals surface area contributed by atoms with Gasteiger partial charge in [0.1, 0.15) is 5.76 Å². The zero-order chi connectivity index (χ0) is 9.84. The Labute approximate surface area is 81.1 Å². The molecule has 0 fully saturated rings. The highest BCUT2D eigenvalue weighted by Gasteiger charge is 2.19. The van der Waals surface area contributed by atoms with E-state index in [0.29, 0.717) is 0 Å². The van der Waals surface area contributed by atoms with Crippen LogP contribution in [0.3, 0.4) is 0 Å². The smallest absolute Gasteiger partial charge is 0.107 e. The number of furan rings is 1. The van der Waals surface area contributed by atoms with Gasteiger partial charge in [0.2, 0.25) is 0 Å². The molecule has 0 saturated carbocycles. The summed E-state index contributed by atoms with van der Waals surface area (Å²) >= 11 is 0. The minimum Gasteiger partial charge on any atom is -0.469 e. The summed E-state index contributed by atoms with van der Waals surface area (Å²) in [6, 6.07) is 0. The van der Waals surface area contributed by atoms with Crippen molar-refractivity contribution in [3.8, 4) is 0 Å². The molecule has 74 valence electrons. The Balaban J connectivity index is 0.000000396. The molecule has 0 bridgehead atoms. The molecule has 2 rings (SSSR count). The molecule has 0 N–H and O–H groups in total. The van der Waals surface area contributed by atoms with Crippen molar-refractivity contribution in [3.63, 3.8) is 0 Å². The summed E-state index contributed by atoms with van der Waals surface area (Å²) in [5.41, 5.74) is 2.81. The van der Waals surface area contributed by atoms with Crippen molar-refractivity contribution < 1.29 is 4.42 Å². The first-order valence-corrected chi connectivity index (χ1v) is 5.33. The summed E-state index contributed by atoms with van der Waals surface area (Å²) in [6.07, 6.45) is 5.58. The summed E-state index contributed by atoms with van der Waals surface area (Å²) in [5, 5.41) is 0. The predicted octanol–water partition coefficient (Wildman–Crippen LogP) is 3.74. The molecule has 13 heavy (non-hydrogen) atoms. The molecule has 0 spiro atoms. The molecule has 0 aliphatic heterocycles. The fourth-order valence-electron chi connectivity index (χ4n) is 1.84. The van der Waals surface area contributed by atoms with Crippen LogP contribution in [0.25, 0.3) is 0 Å². The summed E-state index contributed by atoms with van der Waals surface area (Å²) in [7, 11) is 0. The number of aryl methyl sites for hydroxylation is 1. The summed E-state index contributed by atoms with van der Waals surface area (Å²) in [5.74, 6) is 2.05. The van der Waals surface area contributed by atoms with E-state index in [4.69, 9.17) is 4.42 Å². The van der Waals surface area contributed by atoms with Gasteiger partial charge in [0.25, 0.3) is 0 Å². The zero-order valence-electron chi connectivity index (χ0n) is 9.18. The van der Waals surface area contributed by atoms with Crippen LogP contribution in [-0.2, 0) is 12.8 Å². The Bertz CT molecular complexity index is 260. The van der Waals surface area contributed by atoms with Crippen molar-refractivity contribution in [2.75, 3.05) is 0 Å². The number of fused-ring (bicyclic) bond motifs is 1. The van der Waals surface area contributed by atoms with E-state index < -0.39 is 0 Å². The van der Waals surface area contributed by atoms with Crippen molar-refractivity contribution in [2.45, 2.75) is 47.0 Å². The lowest BCUT2D eigenvalue weighted by molar-refractivity contribution is 0.413. The minimum absolute atomic E-state index is 0.813. The van der Waals surface area contributed by atoms with Gasteiger partial charge in [0, 0.05) is 6.42 Å². The molecule has 1 unspecified atom stereocenters. The number of hydrogen-bond donors (Lipinski definition) is 0. The molecule has 1 aliphatic rings. The highest BCUT2D eigenvalue weighted by atomic mass is 16.3. The van der Waals surface area contributed by atoms with E-state index in [1.807, 2.05) is 20.1 Å². The minimum atomic E-state index is 0.813. The standard InChI is InChI=1S/C10H14O.C2H6/c1-7-3-4-9-8(2)6-11-10(9)5-7;1-2/h6-7H,3-5H2,1-2H3;1-2H3. The van der Waals surface area contributed by atoms with Crippen LogP contribution in [0, 0.1) is 12.8 Å². The lowest BCUT2D eigenvalue weighted by Gasteiger charge is -2.16. The second-order valence-electron chi connectivity index (χ2n) is 3.67. The van der Waals surface area contributed by atoms with Crippen LogP contribution >= 0.6 is 0 Å². The first-order valence-electron chi connectivity index (χ1n) is 5.33. The summed E-state index contributed by atoms with van der Waals surface area (Å²) in [6.45, 7) is 8.43. The topological polar surface area (TPSA) is 13.1 Å². The molecule has 1 aromatic heterocycles. The maximum absolute atomic E-state index is 5.46. The number of rotatable bonds is 0. The molecular formula is C12H20O. The second-order valence-corrected chi connectivity index (χ2v) is 3.67. The quantitative estimate of drug-likeness (QED) is 0.592. The van der Waals surface area contributed by atoms with Gasteiger partial charge >= 0.3 is 0 Å². The van der Waals surface area contributed by atoms with E-state index in [9.17, 15) is 0 Å². The van der Waals surface area contributed by atoms with Crippen LogP contribution in [0.15, 0.2) is 10.7 Å². The van der Waals surface area contributed by atoms with E-state index in [1.54, 1.807) is 0 Å². The first-order chi connectivity index (χ1) is 6.27. The predicted molar refractivity (Wildman–Crippen MR) is 56.0 cm³/mol. The van der Waals surface area contributed by atoms with Crippen LogP contribution in [0.4, 0.5) is 0 Å². The fourth-order valence-corrected chi connectivity index (χ4v) is 1.84. The molecule has 0 saturated heterocycles. The van der Waals surface area contributed by atoms with Gasteiger partial charge in [-0.05, 0) is 36.8 Å². The van der Waals surface area contributed by atoms with E-state index in [2.05, 4.69) is 13.8 Å². The molecule has 1 aliphatic carbocycles. The summed E-state index contributed by atoms with van der Waals surface area (Å²) in [4.78, 5) is 0. The van der Waals surface area contributed by atoms with Crippen LogP contribution in [0.1, 0.15) is 44.1 Å². The highest BCUT2D eigenvalue weighted by Crippen LogP contribution is 2.28. The molecule has 1 aromatic rings. The highest BCUT2D eigenvalue weighted by molar-refractivity contribution is 5.28. The van der Waals surface area contributed by atoms with Crippen LogP contribution < -0.4 is 0 Å². The van der Waals surface area contributed by atoms with Crippen molar-refractivity contribution in [1.82, 2.24) is 0 Å². The Morgan fingerprint density at radius 1 is 1.38 bits per heavy atom. The van der Waals surface area contributed by atoms with Crippen molar-refractivity contribution in [1.29, 1.82) is 0 Å². The second kappa shape index (κ2) is 4.50. The van der Waals surface area contributed by atoms with Crippen LogP contribution in [0.2, 0.25) is 0 Å². The molecule has 1 nitrogen and oxygen atoms in total. The first kappa shape index (κ1) is 10.4. The van der Waals surface area contributed by atoms with Crippen molar-refractivity contribution >= 4 is 0 Å². The molecule has 0 amide bonds. The monoisotopic (exact) mass is 180 g/mol. The van der Waals surface area contributed by atoms with Gasteiger partial charge in [-0.25, -0.2) is 0 Å². The van der Waals surface area contributed by atoms with E-state index in [-0.39, 0.29) is 0 Å². The Kier molecular flexibility index (Phi) is 3.58. The maximum Gasteiger partial charge on any atom is 0.107 e. The zero-order valence-corrected chi connectivity index (χ0v) is 9.18. The molecule has 1 atom stereocenters. The van der Waals surface area contributed by atoms with Crippen LogP contribution in [-0.4, -0.2) is 0 Å². The van der Waals surface area contributed by atoms with Gasteiger partial charge in [-0.2, -0.15) is 0 Å². The molecule has 1 heterocycles. The normalized spacial score (nSPS) is 20.2. The third-order valence-electron chi connectivity index (χ3n) is 2.61. The van der Waals surface area contributed by atoms with Gasteiger partial charge in [-0.3, -0.25) is 0 Å². The molecular weight excluding hydrogens is 160 g/mol. The molecule has 0 aromatic carbocycles. The van der Waals surface area contributed by atoms with Crippen molar-refractivity contribution in [3.05, 3.63) is 23.2 Å². The third kappa shape index (κ3) is 2.15. The SMILES string of the molecule is CC.Cc1coc2c1CCC(C)C2. The fraction of sp³-hybridized carbons (Fsp3) is 0.667. The lowest BCUT2D eigenvalue weighted by Crippen LogP contribution is -2.09. The van der Waals surface area contributed by atoms with Crippen LogP contribution in [0.5, 0.6) is 0 Å². The van der Waals surface area contributed by atoms with Gasteiger partial charge in [-0.15, -0.1) is 0 Å². The molecule has 1 heteroatoms. The Hall–Kier alpha value is -0.720. The van der Waals surface area contributed by atoms with Gasteiger partial charge < -0.3 is 4.42 Å². The van der Waals surface area contributed by atoms with E-state index in [1.165, 1.54) is 29.7 Å². The molecule has 0 radical (unpaired) electrons. The third-order valence-corrected chi connectivity index (χ3v) is 2.61. The van der Waals surface area contributed by atoms with Gasteiger partial charge in [-0.1, -0.05) is 20.8 Å². The van der Waals surface area contributed by atoms with E-state index >= 15 is 0 Å². The Morgan fingerprint density at radius 2 is 2.08 bits per heavy atom. The van der Waals surface area contributed by atoms with Gasteiger partial charge in [0.15, 0.2) is 0 Å². The lowest BCUT2D eigenvalue weighted by atomic mass is 9.88.